The van der Waals surface area contributed by atoms with E-state index in [1.807, 2.05) is 6.07 Å². The van der Waals surface area contributed by atoms with Gasteiger partial charge >= 0.3 is 0 Å². The number of morpholine rings is 1. The lowest BCUT2D eigenvalue weighted by Gasteiger charge is -2.26. The molecule has 2 fully saturated rings. The molecular weight excluding hydrogens is 535 g/mol. The second-order valence-corrected chi connectivity index (χ2v) is 11.3. The SMILES string of the molecule is CN=C(NCCC1CCCC(C)C1)NCc1ccc(S(=O)(=O)N2CCOCC2)s1.I. The molecule has 0 spiro atoms. The first-order valence-corrected chi connectivity index (χ1v) is 12.9. The molecule has 0 amide bonds. The van der Waals surface area contributed by atoms with Gasteiger partial charge in [0.2, 0.25) is 0 Å². The molecule has 172 valence electrons. The van der Waals surface area contributed by atoms with Crippen LogP contribution < -0.4 is 10.6 Å². The molecule has 1 aliphatic heterocycles. The summed E-state index contributed by atoms with van der Waals surface area (Å²) in [7, 11) is -1.65. The predicted octanol–water partition coefficient (Wildman–Crippen LogP) is 3.27. The molecule has 0 aromatic carbocycles. The number of nitrogens with one attached hydrogen (secondary N) is 2. The van der Waals surface area contributed by atoms with Crippen molar-refractivity contribution in [3.63, 3.8) is 0 Å². The van der Waals surface area contributed by atoms with Crippen LogP contribution in [0.2, 0.25) is 0 Å². The summed E-state index contributed by atoms with van der Waals surface area (Å²) < 4.78 is 32.6. The third-order valence-corrected chi connectivity index (χ3v) is 9.20. The van der Waals surface area contributed by atoms with Crippen LogP contribution >= 0.6 is 35.3 Å². The Balaban J connectivity index is 0.00000320. The summed E-state index contributed by atoms with van der Waals surface area (Å²) in [6, 6.07) is 3.58. The maximum Gasteiger partial charge on any atom is 0.252 e. The number of sulfonamides is 1. The van der Waals surface area contributed by atoms with Gasteiger partial charge < -0.3 is 15.4 Å². The van der Waals surface area contributed by atoms with E-state index >= 15 is 0 Å². The molecule has 1 saturated carbocycles. The third-order valence-electron chi connectivity index (χ3n) is 5.74. The van der Waals surface area contributed by atoms with Crippen LogP contribution in [0.4, 0.5) is 0 Å². The van der Waals surface area contributed by atoms with Crippen molar-refractivity contribution in [3.05, 3.63) is 17.0 Å². The van der Waals surface area contributed by atoms with Crippen molar-refractivity contribution < 1.29 is 13.2 Å². The number of rotatable bonds is 7. The van der Waals surface area contributed by atoms with Gasteiger partial charge in [-0.2, -0.15) is 4.31 Å². The number of ether oxygens (including phenoxy) is 1. The summed E-state index contributed by atoms with van der Waals surface area (Å²) in [5, 5.41) is 6.69. The quantitative estimate of drug-likeness (QED) is 0.299. The fourth-order valence-corrected chi connectivity index (χ4v) is 6.97. The molecule has 2 aliphatic rings. The smallest absolute Gasteiger partial charge is 0.252 e. The predicted molar refractivity (Wildman–Crippen MR) is 133 cm³/mol. The number of halogens is 1. The maximum absolute atomic E-state index is 12.7. The highest BCUT2D eigenvalue weighted by Crippen LogP contribution is 2.30. The van der Waals surface area contributed by atoms with E-state index in [0.717, 1.165) is 29.2 Å². The van der Waals surface area contributed by atoms with Crippen molar-refractivity contribution in [2.45, 2.75) is 49.8 Å². The molecule has 0 radical (unpaired) electrons. The minimum absolute atomic E-state index is 0. The highest BCUT2D eigenvalue weighted by atomic mass is 127. The molecule has 30 heavy (non-hydrogen) atoms. The molecule has 10 heteroatoms. The Hall–Kier alpha value is -0.430. The van der Waals surface area contributed by atoms with Crippen LogP contribution in [0.15, 0.2) is 21.3 Å². The van der Waals surface area contributed by atoms with Gasteiger partial charge in [0.15, 0.2) is 5.96 Å². The van der Waals surface area contributed by atoms with Crippen molar-refractivity contribution in [2.75, 3.05) is 39.9 Å². The van der Waals surface area contributed by atoms with Crippen LogP contribution in [0, 0.1) is 11.8 Å². The van der Waals surface area contributed by atoms with E-state index in [1.54, 1.807) is 13.1 Å². The first kappa shape index (κ1) is 25.8. The molecule has 1 aromatic rings. The van der Waals surface area contributed by atoms with Crippen LogP contribution in [0.5, 0.6) is 0 Å². The lowest BCUT2D eigenvalue weighted by molar-refractivity contribution is 0.0731. The average molecular weight is 571 g/mol. The minimum atomic E-state index is -3.42. The first-order valence-electron chi connectivity index (χ1n) is 10.6. The van der Waals surface area contributed by atoms with Crippen LogP contribution in [-0.4, -0.2) is 58.6 Å². The van der Waals surface area contributed by atoms with E-state index in [1.165, 1.54) is 47.7 Å². The average Bonchev–Trinajstić information content (AvgIpc) is 3.21. The van der Waals surface area contributed by atoms with Crippen molar-refractivity contribution in [1.82, 2.24) is 14.9 Å². The molecule has 3 rings (SSSR count). The Morgan fingerprint density at radius 3 is 2.73 bits per heavy atom. The molecule has 1 aromatic heterocycles. The number of thiophene rings is 1. The minimum Gasteiger partial charge on any atom is -0.379 e. The van der Waals surface area contributed by atoms with Gasteiger partial charge in [-0.1, -0.05) is 26.2 Å². The third kappa shape index (κ3) is 7.32. The summed E-state index contributed by atoms with van der Waals surface area (Å²) in [5.41, 5.74) is 0. The van der Waals surface area contributed by atoms with Gasteiger partial charge in [0.25, 0.3) is 10.0 Å². The summed E-state index contributed by atoms with van der Waals surface area (Å²) >= 11 is 1.32. The fourth-order valence-electron chi connectivity index (χ4n) is 4.11. The lowest BCUT2D eigenvalue weighted by Crippen LogP contribution is -2.40. The molecule has 7 nitrogen and oxygen atoms in total. The van der Waals surface area contributed by atoms with E-state index in [-0.39, 0.29) is 24.0 Å². The second-order valence-electron chi connectivity index (χ2n) is 8.02. The molecule has 2 unspecified atom stereocenters. The zero-order valence-corrected chi connectivity index (χ0v) is 21.9. The Morgan fingerprint density at radius 1 is 1.27 bits per heavy atom. The van der Waals surface area contributed by atoms with Crippen molar-refractivity contribution in [3.8, 4) is 0 Å². The van der Waals surface area contributed by atoms with Crippen LogP contribution in [-0.2, 0) is 21.3 Å². The second kappa shape index (κ2) is 12.6. The molecule has 2 atom stereocenters. The van der Waals surface area contributed by atoms with Gasteiger partial charge in [-0.25, -0.2) is 8.42 Å². The van der Waals surface area contributed by atoms with Crippen molar-refractivity contribution >= 4 is 51.3 Å². The van der Waals surface area contributed by atoms with E-state index < -0.39 is 10.0 Å². The monoisotopic (exact) mass is 570 g/mol. The van der Waals surface area contributed by atoms with Crippen molar-refractivity contribution in [1.29, 1.82) is 0 Å². The van der Waals surface area contributed by atoms with E-state index in [2.05, 4.69) is 22.5 Å². The Kier molecular flexibility index (Phi) is 10.8. The molecular formula is C20H35IN4O3S2. The van der Waals surface area contributed by atoms with Crippen molar-refractivity contribution in [2.24, 2.45) is 16.8 Å². The van der Waals surface area contributed by atoms with E-state index in [0.29, 0.717) is 37.1 Å². The topological polar surface area (TPSA) is 83.0 Å². The maximum atomic E-state index is 12.7. The van der Waals surface area contributed by atoms with Gasteiger partial charge in [0.1, 0.15) is 4.21 Å². The summed E-state index contributed by atoms with van der Waals surface area (Å²) in [6.07, 6.45) is 6.58. The van der Waals surface area contributed by atoms with Crippen LogP contribution in [0.1, 0.15) is 43.9 Å². The van der Waals surface area contributed by atoms with Crippen LogP contribution in [0.25, 0.3) is 0 Å². The number of hydrogen-bond acceptors (Lipinski definition) is 5. The van der Waals surface area contributed by atoms with Crippen LogP contribution in [0.3, 0.4) is 0 Å². The number of guanidine groups is 1. The fraction of sp³-hybridized carbons (Fsp3) is 0.750. The highest BCUT2D eigenvalue weighted by Gasteiger charge is 2.27. The van der Waals surface area contributed by atoms with E-state index in [4.69, 9.17) is 4.74 Å². The summed E-state index contributed by atoms with van der Waals surface area (Å²) in [4.78, 5) is 5.26. The van der Waals surface area contributed by atoms with Gasteiger partial charge in [-0.05, 0) is 36.8 Å². The molecule has 1 aliphatic carbocycles. The standard InChI is InChI=1S/C20H34N4O3S2.HI/c1-16-4-3-5-17(14-16)8-9-22-20(21-2)23-15-18-6-7-19(28-18)29(25,26)24-10-12-27-13-11-24;/h6-7,16-17H,3-5,8-15H2,1-2H3,(H2,21,22,23);1H. The number of hydrogen-bond donors (Lipinski definition) is 2. The highest BCUT2D eigenvalue weighted by molar-refractivity contribution is 14.0. The van der Waals surface area contributed by atoms with Gasteiger partial charge in [0, 0.05) is 31.6 Å². The number of aliphatic imine (C=N–C) groups is 1. The normalized spacial score (nSPS) is 23.6. The summed E-state index contributed by atoms with van der Waals surface area (Å²) in [6.45, 7) is 5.59. The zero-order valence-electron chi connectivity index (χ0n) is 17.9. The van der Waals surface area contributed by atoms with E-state index in [9.17, 15) is 8.42 Å². The Morgan fingerprint density at radius 2 is 2.03 bits per heavy atom. The first-order chi connectivity index (χ1) is 14.0. The Bertz CT molecular complexity index is 779. The number of nitrogens with zero attached hydrogens (tertiary/aromatic N) is 2. The largest absolute Gasteiger partial charge is 0.379 e. The Labute approximate surface area is 202 Å². The summed E-state index contributed by atoms with van der Waals surface area (Å²) in [5.74, 6) is 2.43. The molecule has 0 bridgehead atoms. The van der Waals surface area contributed by atoms with Gasteiger partial charge in [-0.3, -0.25) is 4.99 Å². The molecule has 2 N–H and O–H groups in total. The van der Waals surface area contributed by atoms with Gasteiger partial charge in [-0.15, -0.1) is 35.3 Å². The molecule has 1 saturated heterocycles. The lowest BCUT2D eigenvalue weighted by atomic mass is 9.81. The molecule has 2 heterocycles. The van der Waals surface area contributed by atoms with Gasteiger partial charge in [0.05, 0.1) is 19.8 Å². The zero-order chi connectivity index (χ0) is 20.7.